The van der Waals surface area contributed by atoms with E-state index in [4.69, 9.17) is 15.2 Å². The Morgan fingerprint density at radius 1 is 1.42 bits per heavy atom. The zero-order valence-corrected chi connectivity index (χ0v) is 11.0. The lowest BCUT2D eigenvalue weighted by atomic mass is 10.2. The van der Waals surface area contributed by atoms with Gasteiger partial charge in [-0.3, -0.25) is 10.1 Å². The average Bonchev–Trinajstić information content (AvgIpc) is 2.24. The van der Waals surface area contributed by atoms with Crippen LogP contribution in [0.3, 0.4) is 0 Å². The molecule has 1 aromatic rings. The number of nitro groups is 1. The molecule has 0 aliphatic carbocycles. The van der Waals surface area contributed by atoms with Gasteiger partial charge in [0, 0.05) is 6.07 Å². The molecule has 0 spiro atoms. The van der Waals surface area contributed by atoms with Crippen molar-refractivity contribution in [2.75, 3.05) is 12.3 Å². The molecule has 0 saturated carbocycles. The van der Waals surface area contributed by atoms with Gasteiger partial charge in [-0.2, -0.15) is 0 Å². The summed E-state index contributed by atoms with van der Waals surface area (Å²) in [5, 5.41) is 10.7. The summed E-state index contributed by atoms with van der Waals surface area (Å²) in [6, 6.07) is 4.14. The van der Waals surface area contributed by atoms with Crippen molar-refractivity contribution >= 4 is 17.3 Å². The number of ether oxygens (including phenoxy) is 2. The fraction of sp³-hybridized carbons (Fsp3) is 0.417. The molecule has 0 atom stereocenters. The molecule has 0 aliphatic rings. The zero-order valence-electron chi connectivity index (χ0n) is 11.0. The molecule has 19 heavy (non-hydrogen) atoms. The predicted molar refractivity (Wildman–Crippen MR) is 68.8 cm³/mol. The van der Waals surface area contributed by atoms with Crippen molar-refractivity contribution in [1.29, 1.82) is 0 Å². The molecular formula is C12H16N2O5. The molecule has 0 radical (unpaired) electrons. The molecule has 1 rings (SSSR count). The lowest BCUT2D eigenvalue weighted by Crippen LogP contribution is -2.27. The van der Waals surface area contributed by atoms with Gasteiger partial charge in [0.15, 0.2) is 12.3 Å². The first-order valence-corrected chi connectivity index (χ1v) is 5.58. The van der Waals surface area contributed by atoms with Crippen LogP contribution in [0.4, 0.5) is 11.4 Å². The van der Waals surface area contributed by atoms with Crippen molar-refractivity contribution in [1.82, 2.24) is 0 Å². The van der Waals surface area contributed by atoms with Crippen LogP contribution in [0.25, 0.3) is 0 Å². The number of benzene rings is 1. The highest BCUT2D eigenvalue weighted by Crippen LogP contribution is 2.30. The highest BCUT2D eigenvalue weighted by Gasteiger charge is 2.19. The van der Waals surface area contributed by atoms with E-state index >= 15 is 0 Å². The third kappa shape index (κ3) is 4.46. The number of rotatable bonds is 4. The molecule has 7 heteroatoms. The van der Waals surface area contributed by atoms with Gasteiger partial charge in [0.05, 0.1) is 4.92 Å². The van der Waals surface area contributed by atoms with E-state index in [0.29, 0.717) is 0 Å². The van der Waals surface area contributed by atoms with Crippen LogP contribution in [0.2, 0.25) is 0 Å². The van der Waals surface area contributed by atoms with Crippen molar-refractivity contribution < 1.29 is 19.2 Å². The van der Waals surface area contributed by atoms with Crippen LogP contribution in [0, 0.1) is 10.1 Å². The predicted octanol–water partition coefficient (Wildman–Crippen LogP) is 1.90. The van der Waals surface area contributed by atoms with Gasteiger partial charge >= 0.3 is 5.97 Å². The Labute approximate surface area is 110 Å². The molecule has 0 unspecified atom stereocenters. The molecule has 0 aromatic heterocycles. The summed E-state index contributed by atoms with van der Waals surface area (Å²) >= 11 is 0. The topological polar surface area (TPSA) is 105 Å². The average molecular weight is 268 g/mol. The van der Waals surface area contributed by atoms with E-state index in [1.165, 1.54) is 18.2 Å². The van der Waals surface area contributed by atoms with Gasteiger partial charge in [0.2, 0.25) is 0 Å². The largest absolute Gasteiger partial charge is 0.479 e. The first-order valence-electron chi connectivity index (χ1n) is 5.58. The van der Waals surface area contributed by atoms with E-state index in [2.05, 4.69) is 0 Å². The molecule has 0 bridgehead atoms. The minimum Gasteiger partial charge on any atom is -0.479 e. The van der Waals surface area contributed by atoms with Gasteiger partial charge in [-0.25, -0.2) is 4.79 Å². The highest BCUT2D eigenvalue weighted by atomic mass is 16.6. The number of carbonyl (C=O) groups is 1. The minimum atomic E-state index is -0.616. The highest BCUT2D eigenvalue weighted by molar-refractivity contribution is 5.73. The van der Waals surface area contributed by atoms with Crippen molar-refractivity contribution in [3.63, 3.8) is 0 Å². The normalized spacial score (nSPS) is 10.9. The molecule has 104 valence electrons. The smallest absolute Gasteiger partial charge is 0.344 e. The Hall–Kier alpha value is -2.31. The van der Waals surface area contributed by atoms with Crippen molar-refractivity contribution in [2.45, 2.75) is 26.4 Å². The first kappa shape index (κ1) is 14.7. The lowest BCUT2D eigenvalue weighted by Gasteiger charge is -2.19. The maximum Gasteiger partial charge on any atom is 0.344 e. The molecule has 0 amide bonds. The second kappa shape index (κ2) is 5.55. The standard InChI is InChI=1S/C12H16N2O5/c1-12(2,3)19-10(15)7-18-9-6-4-5-8(11(9)13)14(16)17/h4-6H,7,13H2,1-3H3. The third-order valence-electron chi connectivity index (χ3n) is 2.01. The maximum atomic E-state index is 11.4. The first-order chi connectivity index (χ1) is 8.70. The Morgan fingerprint density at radius 3 is 2.58 bits per heavy atom. The van der Waals surface area contributed by atoms with Crippen LogP contribution in [-0.4, -0.2) is 23.1 Å². The zero-order chi connectivity index (χ0) is 14.6. The van der Waals surface area contributed by atoms with Gasteiger partial charge in [0.25, 0.3) is 5.69 Å². The van der Waals surface area contributed by atoms with Crippen LogP contribution in [0.1, 0.15) is 20.8 Å². The Morgan fingerprint density at radius 2 is 2.05 bits per heavy atom. The summed E-state index contributed by atoms with van der Waals surface area (Å²) in [6.07, 6.45) is 0. The number of nitrogens with zero attached hydrogens (tertiary/aromatic N) is 1. The molecule has 0 saturated heterocycles. The van der Waals surface area contributed by atoms with Crippen LogP contribution in [-0.2, 0) is 9.53 Å². The molecule has 0 aliphatic heterocycles. The SMILES string of the molecule is CC(C)(C)OC(=O)COc1cccc([N+](=O)[O-])c1N. The van der Waals surface area contributed by atoms with E-state index in [1.54, 1.807) is 20.8 Å². The van der Waals surface area contributed by atoms with Gasteiger partial charge in [-0.1, -0.05) is 6.07 Å². The van der Waals surface area contributed by atoms with Crippen LogP contribution >= 0.6 is 0 Å². The van der Waals surface area contributed by atoms with Gasteiger partial charge < -0.3 is 15.2 Å². The second-order valence-electron chi connectivity index (χ2n) is 4.82. The fourth-order valence-corrected chi connectivity index (χ4v) is 1.33. The summed E-state index contributed by atoms with van der Waals surface area (Å²) in [5.41, 5.74) is 4.59. The summed E-state index contributed by atoms with van der Waals surface area (Å²) in [5.74, 6) is -0.488. The molecule has 1 aromatic carbocycles. The molecule has 0 fully saturated rings. The number of para-hydroxylation sites is 1. The summed E-state index contributed by atoms with van der Waals surface area (Å²) in [4.78, 5) is 21.5. The number of anilines is 1. The van der Waals surface area contributed by atoms with Crippen LogP contribution in [0.5, 0.6) is 5.75 Å². The number of nitrogens with two attached hydrogens (primary N) is 1. The Balaban J connectivity index is 2.71. The van der Waals surface area contributed by atoms with E-state index < -0.39 is 16.5 Å². The van der Waals surface area contributed by atoms with Gasteiger partial charge in [-0.15, -0.1) is 0 Å². The van der Waals surface area contributed by atoms with Crippen LogP contribution in [0.15, 0.2) is 18.2 Å². The van der Waals surface area contributed by atoms with Gasteiger partial charge in [-0.05, 0) is 26.8 Å². The second-order valence-corrected chi connectivity index (χ2v) is 4.82. The summed E-state index contributed by atoms with van der Waals surface area (Å²) in [7, 11) is 0. The van der Waals surface area contributed by atoms with E-state index in [-0.39, 0.29) is 23.7 Å². The molecule has 2 N–H and O–H groups in total. The Bertz CT molecular complexity index is 493. The lowest BCUT2D eigenvalue weighted by molar-refractivity contribution is -0.384. The monoisotopic (exact) mass is 268 g/mol. The third-order valence-corrected chi connectivity index (χ3v) is 2.01. The van der Waals surface area contributed by atoms with Gasteiger partial charge in [0.1, 0.15) is 11.4 Å². The number of carbonyl (C=O) groups excluding carboxylic acids is 1. The maximum absolute atomic E-state index is 11.4. The Kier molecular flexibility index (Phi) is 4.31. The molecule has 7 nitrogen and oxygen atoms in total. The number of esters is 1. The van der Waals surface area contributed by atoms with E-state index in [0.717, 1.165) is 0 Å². The summed E-state index contributed by atoms with van der Waals surface area (Å²) < 4.78 is 10.2. The van der Waals surface area contributed by atoms with Crippen molar-refractivity contribution in [3.05, 3.63) is 28.3 Å². The summed E-state index contributed by atoms with van der Waals surface area (Å²) in [6.45, 7) is 4.83. The molecule has 0 heterocycles. The fourth-order valence-electron chi connectivity index (χ4n) is 1.33. The molecular weight excluding hydrogens is 252 g/mol. The van der Waals surface area contributed by atoms with Crippen molar-refractivity contribution in [3.8, 4) is 5.75 Å². The number of hydrogen-bond acceptors (Lipinski definition) is 6. The van der Waals surface area contributed by atoms with E-state index in [1.807, 2.05) is 0 Å². The van der Waals surface area contributed by atoms with Crippen molar-refractivity contribution in [2.24, 2.45) is 0 Å². The number of hydrogen-bond donors (Lipinski definition) is 1. The minimum absolute atomic E-state index is 0.0834. The quantitative estimate of drug-likeness (QED) is 0.387. The number of nitro benzene ring substituents is 1. The van der Waals surface area contributed by atoms with Crippen LogP contribution < -0.4 is 10.5 Å². The number of nitrogen functional groups attached to an aromatic ring is 1. The van der Waals surface area contributed by atoms with E-state index in [9.17, 15) is 14.9 Å².